The number of carbonyl (C=O) groups excluding carboxylic acids is 1. The van der Waals surface area contributed by atoms with Crippen molar-refractivity contribution in [3.05, 3.63) is 65.4 Å². The number of aryl methyl sites for hydroxylation is 1. The van der Waals surface area contributed by atoms with E-state index in [1.54, 1.807) is 18.0 Å². The van der Waals surface area contributed by atoms with Crippen LogP contribution in [-0.2, 0) is 22.8 Å². The number of anilines is 1. The van der Waals surface area contributed by atoms with Gasteiger partial charge in [0.25, 0.3) is 0 Å². The number of carbonyl (C=O) groups is 1. The van der Waals surface area contributed by atoms with Gasteiger partial charge in [0, 0.05) is 23.9 Å². The van der Waals surface area contributed by atoms with Gasteiger partial charge in [-0.2, -0.15) is 0 Å². The van der Waals surface area contributed by atoms with Crippen LogP contribution in [0.25, 0.3) is 0 Å². The van der Waals surface area contributed by atoms with Crippen molar-refractivity contribution in [1.29, 1.82) is 0 Å². The number of nitrogens with one attached hydrogen (secondary N) is 1. The van der Waals surface area contributed by atoms with Crippen molar-refractivity contribution in [3.8, 4) is 0 Å². The highest BCUT2D eigenvalue weighted by atomic mass is 32.2. The van der Waals surface area contributed by atoms with Gasteiger partial charge < -0.3 is 9.88 Å². The quantitative estimate of drug-likeness (QED) is 0.379. The molecule has 1 N–H and O–H groups in total. The topological polar surface area (TPSA) is 72.7 Å². The lowest BCUT2D eigenvalue weighted by Crippen LogP contribution is -2.14. The molecule has 3 aromatic rings. The zero-order chi connectivity index (χ0) is 19.8. The summed E-state index contributed by atoms with van der Waals surface area (Å²) >= 11 is 4.55. The first kappa shape index (κ1) is 20.6. The largest absolute Gasteiger partial charge is 0.301 e. The van der Waals surface area contributed by atoms with Gasteiger partial charge in [0.2, 0.25) is 5.91 Å². The summed E-state index contributed by atoms with van der Waals surface area (Å²) in [5.41, 5.74) is 2.55. The molecule has 0 bridgehead atoms. The number of hydrogen-bond donors (Lipinski definition) is 1. The first-order valence-corrected chi connectivity index (χ1v) is 11.7. The Morgan fingerprint density at radius 1 is 1.29 bits per heavy atom. The molecule has 1 aromatic carbocycles. The van der Waals surface area contributed by atoms with Gasteiger partial charge in [-0.3, -0.25) is 4.79 Å². The summed E-state index contributed by atoms with van der Waals surface area (Å²) in [5.74, 6) is 2.70. The van der Waals surface area contributed by atoms with Crippen LogP contribution in [0.2, 0.25) is 0 Å². The molecule has 0 saturated heterocycles. The molecule has 28 heavy (non-hydrogen) atoms. The third-order valence-electron chi connectivity index (χ3n) is 3.74. The number of hydrogen-bond acceptors (Lipinski definition) is 7. The maximum atomic E-state index is 12.1. The van der Waals surface area contributed by atoms with Crippen molar-refractivity contribution in [2.24, 2.45) is 0 Å². The Morgan fingerprint density at radius 2 is 2.11 bits per heavy atom. The van der Waals surface area contributed by atoms with Gasteiger partial charge >= 0.3 is 0 Å². The van der Waals surface area contributed by atoms with Gasteiger partial charge in [-0.1, -0.05) is 47.7 Å². The smallest absolute Gasteiger partial charge is 0.236 e. The molecular formula is C19H21N5OS3. The van der Waals surface area contributed by atoms with Crippen molar-refractivity contribution in [2.75, 3.05) is 11.1 Å². The van der Waals surface area contributed by atoms with E-state index in [0.29, 0.717) is 11.7 Å². The standard InChI is InChI=1S/C19H21N5OS3/c1-3-9-24-16(12-26-11-15-6-4-14(2)5-7-15)22-23-19(24)28-13-17(25)21-18-20-8-10-27-18/h3-8,10H,1,9,11-13H2,2H3,(H,20,21,25). The van der Waals surface area contributed by atoms with Crippen molar-refractivity contribution in [3.63, 3.8) is 0 Å². The number of allylic oxidation sites excluding steroid dienone is 1. The molecule has 9 heteroatoms. The Balaban J connectivity index is 1.55. The van der Waals surface area contributed by atoms with Crippen LogP contribution in [0.4, 0.5) is 5.13 Å². The second-order valence-electron chi connectivity index (χ2n) is 5.95. The van der Waals surface area contributed by atoms with E-state index in [4.69, 9.17) is 0 Å². The Bertz CT molecular complexity index is 906. The average Bonchev–Trinajstić information content (AvgIpc) is 3.33. The fourth-order valence-electron chi connectivity index (χ4n) is 2.36. The zero-order valence-corrected chi connectivity index (χ0v) is 17.9. The Morgan fingerprint density at radius 3 is 2.82 bits per heavy atom. The molecule has 2 heterocycles. The van der Waals surface area contributed by atoms with E-state index < -0.39 is 0 Å². The summed E-state index contributed by atoms with van der Waals surface area (Å²) < 4.78 is 2.01. The van der Waals surface area contributed by atoms with E-state index in [2.05, 4.69) is 58.3 Å². The van der Waals surface area contributed by atoms with Crippen LogP contribution < -0.4 is 5.32 Å². The highest BCUT2D eigenvalue weighted by Gasteiger charge is 2.14. The van der Waals surface area contributed by atoms with Crippen molar-refractivity contribution in [2.45, 2.75) is 30.1 Å². The lowest BCUT2D eigenvalue weighted by Gasteiger charge is -2.08. The van der Waals surface area contributed by atoms with Crippen molar-refractivity contribution < 1.29 is 4.79 Å². The second-order valence-corrected chi connectivity index (χ2v) is 8.77. The number of thioether (sulfide) groups is 2. The van der Waals surface area contributed by atoms with Gasteiger partial charge in [-0.15, -0.1) is 39.9 Å². The zero-order valence-electron chi connectivity index (χ0n) is 15.5. The summed E-state index contributed by atoms with van der Waals surface area (Å²) in [6.07, 6.45) is 3.48. The van der Waals surface area contributed by atoms with E-state index in [9.17, 15) is 4.79 Å². The Kier molecular flexibility index (Phi) is 7.70. The van der Waals surface area contributed by atoms with E-state index in [1.165, 1.54) is 34.2 Å². The van der Waals surface area contributed by atoms with Crippen molar-refractivity contribution >= 4 is 45.9 Å². The fraction of sp³-hybridized carbons (Fsp3) is 0.263. The maximum Gasteiger partial charge on any atom is 0.236 e. The Labute approximate surface area is 176 Å². The van der Waals surface area contributed by atoms with E-state index in [1.807, 2.05) is 16.0 Å². The number of benzene rings is 1. The first-order valence-electron chi connectivity index (χ1n) is 8.64. The monoisotopic (exact) mass is 431 g/mol. The van der Waals surface area contributed by atoms with E-state index in [-0.39, 0.29) is 11.7 Å². The summed E-state index contributed by atoms with van der Waals surface area (Å²) in [7, 11) is 0. The molecule has 6 nitrogen and oxygen atoms in total. The number of thiazole rings is 1. The Hall–Kier alpha value is -2.10. The molecule has 0 spiro atoms. The van der Waals surface area contributed by atoms with Gasteiger partial charge in [0.05, 0.1) is 11.5 Å². The van der Waals surface area contributed by atoms with Crippen LogP contribution in [0, 0.1) is 6.92 Å². The molecular weight excluding hydrogens is 410 g/mol. The summed E-state index contributed by atoms with van der Waals surface area (Å²) in [6.45, 7) is 6.52. The van der Waals surface area contributed by atoms with Crippen molar-refractivity contribution in [1.82, 2.24) is 19.7 Å². The molecule has 2 aromatic heterocycles. The number of aromatic nitrogens is 4. The maximum absolute atomic E-state index is 12.1. The summed E-state index contributed by atoms with van der Waals surface area (Å²) in [5, 5.41) is 14.5. The highest BCUT2D eigenvalue weighted by Crippen LogP contribution is 2.22. The molecule has 146 valence electrons. The number of nitrogens with zero attached hydrogens (tertiary/aromatic N) is 4. The minimum atomic E-state index is -0.108. The first-order chi connectivity index (χ1) is 13.7. The number of rotatable bonds is 10. The average molecular weight is 432 g/mol. The predicted molar refractivity (Wildman–Crippen MR) is 118 cm³/mol. The molecule has 0 radical (unpaired) electrons. The fourth-order valence-corrected chi connectivity index (χ4v) is 4.60. The molecule has 0 aliphatic carbocycles. The molecule has 0 atom stereocenters. The van der Waals surface area contributed by atoms with Gasteiger partial charge in [0.1, 0.15) is 5.82 Å². The molecule has 0 aliphatic heterocycles. The van der Waals surface area contributed by atoms with Crippen LogP contribution in [0.1, 0.15) is 17.0 Å². The molecule has 0 aliphatic rings. The van der Waals surface area contributed by atoms with Crippen LogP contribution in [-0.4, -0.2) is 31.4 Å². The van der Waals surface area contributed by atoms with Gasteiger partial charge in [0.15, 0.2) is 10.3 Å². The van der Waals surface area contributed by atoms with Gasteiger partial charge in [-0.25, -0.2) is 4.98 Å². The summed E-state index contributed by atoms with van der Waals surface area (Å²) in [4.78, 5) is 16.1. The van der Waals surface area contributed by atoms with Gasteiger partial charge in [-0.05, 0) is 12.5 Å². The van der Waals surface area contributed by atoms with E-state index >= 15 is 0 Å². The third kappa shape index (κ3) is 5.95. The van der Waals surface area contributed by atoms with E-state index in [0.717, 1.165) is 22.5 Å². The SMILES string of the molecule is C=CCn1c(CSCc2ccc(C)cc2)nnc1SCC(=O)Nc1nccs1. The molecule has 0 unspecified atom stereocenters. The lowest BCUT2D eigenvalue weighted by molar-refractivity contribution is -0.113. The normalized spacial score (nSPS) is 10.8. The minimum absolute atomic E-state index is 0.108. The minimum Gasteiger partial charge on any atom is -0.301 e. The third-order valence-corrected chi connectivity index (χ3v) is 6.39. The summed E-state index contributed by atoms with van der Waals surface area (Å²) in [6, 6.07) is 8.56. The second kappa shape index (κ2) is 10.4. The van der Waals surface area contributed by atoms with Crippen LogP contribution in [0.15, 0.2) is 53.7 Å². The highest BCUT2D eigenvalue weighted by molar-refractivity contribution is 7.99. The molecule has 1 amide bonds. The molecule has 0 saturated carbocycles. The van der Waals surface area contributed by atoms with Crippen LogP contribution in [0.5, 0.6) is 0 Å². The lowest BCUT2D eigenvalue weighted by atomic mass is 10.2. The number of amides is 1. The molecule has 3 rings (SSSR count). The van der Waals surface area contributed by atoms with Crippen LogP contribution in [0.3, 0.4) is 0 Å². The van der Waals surface area contributed by atoms with Crippen LogP contribution >= 0.6 is 34.9 Å². The molecule has 0 fully saturated rings. The predicted octanol–water partition coefficient (Wildman–Crippen LogP) is 4.39.